The number of benzene rings is 1. The third-order valence-electron chi connectivity index (χ3n) is 3.02. The molecule has 1 amide bonds. The molecule has 1 aromatic carbocycles. The van der Waals surface area contributed by atoms with Gasteiger partial charge in [0.05, 0.1) is 11.8 Å². The van der Waals surface area contributed by atoms with Crippen molar-refractivity contribution < 1.29 is 9.21 Å². The summed E-state index contributed by atoms with van der Waals surface area (Å²) >= 11 is 5.96. The van der Waals surface area contributed by atoms with Crippen LogP contribution in [0.3, 0.4) is 0 Å². The van der Waals surface area contributed by atoms with E-state index < -0.39 is 0 Å². The Hall–Kier alpha value is -1.74. The van der Waals surface area contributed by atoms with E-state index in [2.05, 4.69) is 0 Å². The zero-order valence-electron chi connectivity index (χ0n) is 11.0. The van der Waals surface area contributed by atoms with Crippen molar-refractivity contribution in [3.05, 3.63) is 58.5 Å². The van der Waals surface area contributed by atoms with Crippen LogP contribution >= 0.6 is 11.6 Å². The quantitative estimate of drug-likeness (QED) is 0.849. The Bertz CT molecular complexity index is 577. The van der Waals surface area contributed by atoms with Gasteiger partial charge in [-0.25, -0.2) is 0 Å². The second-order valence-corrected chi connectivity index (χ2v) is 4.78. The van der Waals surface area contributed by atoms with Crippen LogP contribution < -0.4 is 0 Å². The molecule has 0 fully saturated rings. The number of amides is 1. The van der Waals surface area contributed by atoms with Crippen molar-refractivity contribution in [3.8, 4) is 0 Å². The van der Waals surface area contributed by atoms with Crippen LogP contribution in [0.5, 0.6) is 0 Å². The monoisotopic (exact) mass is 277 g/mol. The van der Waals surface area contributed by atoms with E-state index in [0.29, 0.717) is 29.4 Å². The van der Waals surface area contributed by atoms with Crippen LogP contribution in [0.2, 0.25) is 5.02 Å². The average molecular weight is 278 g/mol. The van der Waals surface area contributed by atoms with Gasteiger partial charge in [0.15, 0.2) is 0 Å². The summed E-state index contributed by atoms with van der Waals surface area (Å²) in [6.45, 7) is 4.93. The van der Waals surface area contributed by atoms with E-state index in [4.69, 9.17) is 16.0 Å². The predicted octanol–water partition coefficient (Wildman–Crippen LogP) is 3.90. The minimum atomic E-state index is -0.0197. The summed E-state index contributed by atoms with van der Waals surface area (Å²) in [5.41, 5.74) is 1.63. The van der Waals surface area contributed by atoms with Gasteiger partial charge in [-0.15, -0.1) is 0 Å². The van der Waals surface area contributed by atoms with Gasteiger partial charge in [-0.2, -0.15) is 0 Å². The first-order chi connectivity index (χ1) is 9.11. The van der Waals surface area contributed by atoms with Crippen molar-refractivity contribution in [1.29, 1.82) is 0 Å². The van der Waals surface area contributed by atoms with Gasteiger partial charge in [-0.1, -0.05) is 23.7 Å². The SMILES string of the molecule is CCN(Cc1cccc(Cl)c1)C(=O)c1ccoc1C. The molecule has 2 rings (SSSR count). The standard InChI is InChI=1S/C15H16ClNO2/c1-3-17(10-12-5-4-6-13(16)9-12)15(18)14-7-8-19-11(14)2/h4-9H,3,10H2,1-2H3. The maximum atomic E-state index is 12.4. The Morgan fingerprint density at radius 1 is 1.37 bits per heavy atom. The molecule has 4 heteroatoms. The smallest absolute Gasteiger partial charge is 0.257 e. The molecule has 0 radical (unpaired) electrons. The highest BCUT2D eigenvalue weighted by Gasteiger charge is 2.18. The van der Waals surface area contributed by atoms with Crippen LogP contribution in [0.1, 0.15) is 28.6 Å². The summed E-state index contributed by atoms with van der Waals surface area (Å²) in [7, 11) is 0. The van der Waals surface area contributed by atoms with E-state index >= 15 is 0 Å². The van der Waals surface area contributed by atoms with E-state index in [1.807, 2.05) is 31.2 Å². The van der Waals surface area contributed by atoms with Crippen molar-refractivity contribution in [2.45, 2.75) is 20.4 Å². The lowest BCUT2D eigenvalue weighted by atomic mass is 10.2. The van der Waals surface area contributed by atoms with Crippen LogP contribution in [0.4, 0.5) is 0 Å². The molecule has 0 spiro atoms. The van der Waals surface area contributed by atoms with Crippen molar-refractivity contribution in [2.75, 3.05) is 6.54 Å². The highest BCUT2D eigenvalue weighted by Crippen LogP contribution is 2.16. The molecule has 0 N–H and O–H groups in total. The molecule has 1 aromatic heterocycles. The first kappa shape index (κ1) is 13.7. The van der Waals surface area contributed by atoms with E-state index in [-0.39, 0.29) is 5.91 Å². The summed E-state index contributed by atoms with van der Waals surface area (Å²) < 4.78 is 5.18. The number of hydrogen-bond donors (Lipinski definition) is 0. The van der Waals surface area contributed by atoms with Crippen molar-refractivity contribution in [2.24, 2.45) is 0 Å². The van der Waals surface area contributed by atoms with Crippen molar-refractivity contribution in [1.82, 2.24) is 4.90 Å². The molecule has 0 bridgehead atoms. The van der Waals surface area contributed by atoms with Gasteiger partial charge in [-0.05, 0) is 37.6 Å². The lowest BCUT2D eigenvalue weighted by molar-refractivity contribution is 0.0751. The molecule has 2 aromatic rings. The highest BCUT2D eigenvalue weighted by atomic mass is 35.5. The molecule has 0 aliphatic heterocycles. The molecule has 100 valence electrons. The van der Waals surface area contributed by atoms with Gasteiger partial charge < -0.3 is 9.32 Å². The van der Waals surface area contributed by atoms with Gasteiger partial charge in [0.1, 0.15) is 5.76 Å². The number of furan rings is 1. The van der Waals surface area contributed by atoms with Crippen LogP contribution in [-0.4, -0.2) is 17.4 Å². The summed E-state index contributed by atoms with van der Waals surface area (Å²) in [6.07, 6.45) is 1.54. The number of hydrogen-bond acceptors (Lipinski definition) is 2. The Balaban J connectivity index is 2.17. The lowest BCUT2D eigenvalue weighted by Crippen LogP contribution is -2.30. The Morgan fingerprint density at radius 2 is 2.16 bits per heavy atom. The summed E-state index contributed by atoms with van der Waals surface area (Å²) in [4.78, 5) is 14.1. The summed E-state index contributed by atoms with van der Waals surface area (Å²) in [6, 6.07) is 9.25. The minimum Gasteiger partial charge on any atom is -0.469 e. The molecular formula is C15H16ClNO2. The van der Waals surface area contributed by atoms with Crippen LogP contribution in [0, 0.1) is 6.92 Å². The number of aryl methyl sites for hydroxylation is 1. The van der Waals surface area contributed by atoms with E-state index in [1.165, 1.54) is 6.26 Å². The van der Waals surface area contributed by atoms with Gasteiger partial charge in [0.25, 0.3) is 5.91 Å². The molecule has 0 saturated heterocycles. The normalized spacial score (nSPS) is 10.5. The van der Waals surface area contributed by atoms with Crippen LogP contribution in [0.15, 0.2) is 41.0 Å². The molecule has 3 nitrogen and oxygen atoms in total. The molecule has 0 unspecified atom stereocenters. The molecule has 19 heavy (non-hydrogen) atoms. The van der Waals surface area contributed by atoms with Gasteiger partial charge in [0, 0.05) is 18.1 Å². The highest BCUT2D eigenvalue weighted by molar-refractivity contribution is 6.30. The number of rotatable bonds is 4. The maximum Gasteiger partial charge on any atom is 0.257 e. The van der Waals surface area contributed by atoms with Gasteiger partial charge in [-0.3, -0.25) is 4.79 Å². The third-order valence-corrected chi connectivity index (χ3v) is 3.26. The zero-order chi connectivity index (χ0) is 13.8. The molecule has 0 atom stereocenters. The Labute approximate surface area is 117 Å². The fraction of sp³-hybridized carbons (Fsp3) is 0.267. The van der Waals surface area contributed by atoms with Gasteiger partial charge in [0.2, 0.25) is 0 Å². The molecule has 1 heterocycles. The molecular weight excluding hydrogens is 262 g/mol. The number of carbonyl (C=O) groups is 1. The topological polar surface area (TPSA) is 33.5 Å². The lowest BCUT2D eigenvalue weighted by Gasteiger charge is -2.20. The summed E-state index contributed by atoms with van der Waals surface area (Å²) in [5.74, 6) is 0.628. The number of halogens is 1. The minimum absolute atomic E-state index is 0.0197. The van der Waals surface area contributed by atoms with E-state index in [1.54, 1.807) is 17.9 Å². The second-order valence-electron chi connectivity index (χ2n) is 4.34. The third kappa shape index (κ3) is 3.18. The first-order valence-electron chi connectivity index (χ1n) is 6.19. The fourth-order valence-corrected chi connectivity index (χ4v) is 2.17. The predicted molar refractivity (Wildman–Crippen MR) is 75.3 cm³/mol. The molecule has 0 aliphatic rings. The molecule has 0 saturated carbocycles. The number of nitrogens with zero attached hydrogens (tertiary/aromatic N) is 1. The van der Waals surface area contributed by atoms with Crippen LogP contribution in [-0.2, 0) is 6.54 Å². The maximum absolute atomic E-state index is 12.4. The summed E-state index contributed by atoms with van der Waals surface area (Å²) in [5, 5.41) is 0.681. The van der Waals surface area contributed by atoms with Crippen molar-refractivity contribution in [3.63, 3.8) is 0 Å². The number of carbonyl (C=O) groups excluding carboxylic acids is 1. The van der Waals surface area contributed by atoms with E-state index in [0.717, 1.165) is 5.56 Å². The van der Waals surface area contributed by atoms with E-state index in [9.17, 15) is 4.79 Å². The Kier molecular flexibility index (Phi) is 4.27. The fourth-order valence-electron chi connectivity index (χ4n) is 1.96. The second kappa shape index (κ2) is 5.93. The Morgan fingerprint density at radius 3 is 2.74 bits per heavy atom. The van der Waals surface area contributed by atoms with Gasteiger partial charge >= 0.3 is 0 Å². The van der Waals surface area contributed by atoms with Crippen LogP contribution in [0.25, 0.3) is 0 Å². The zero-order valence-corrected chi connectivity index (χ0v) is 11.8. The largest absolute Gasteiger partial charge is 0.469 e. The van der Waals surface area contributed by atoms with Crippen molar-refractivity contribution >= 4 is 17.5 Å². The molecule has 0 aliphatic carbocycles. The average Bonchev–Trinajstić information content (AvgIpc) is 2.81. The first-order valence-corrected chi connectivity index (χ1v) is 6.57.